The van der Waals surface area contributed by atoms with E-state index in [1.807, 2.05) is 0 Å². The van der Waals surface area contributed by atoms with Crippen LogP contribution in [0, 0.1) is 5.92 Å². The largest absolute Gasteiger partial charge is 0.384 e. The highest BCUT2D eigenvalue weighted by atomic mass is 32.2. The van der Waals surface area contributed by atoms with Crippen molar-refractivity contribution in [3.8, 4) is 0 Å². The van der Waals surface area contributed by atoms with Crippen molar-refractivity contribution in [1.29, 1.82) is 0 Å². The molecule has 2 atom stereocenters. The number of rotatable bonds is 3. The van der Waals surface area contributed by atoms with Gasteiger partial charge in [-0.05, 0) is 24.8 Å². The number of nitrogen functional groups attached to an aromatic ring is 1. The molecule has 3 N–H and O–H groups in total. The molecule has 1 fully saturated rings. The van der Waals surface area contributed by atoms with Gasteiger partial charge in [0.25, 0.3) is 0 Å². The lowest BCUT2D eigenvalue weighted by Crippen LogP contribution is -2.36. The van der Waals surface area contributed by atoms with Gasteiger partial charge < -0.3 is 5.73 Å². The second kappa shape index (κ2) is 4.62. The Hall–Kier alpha value is -1.14. The summed E-state index contributed by atoms with van der Waals surface area (Å²) in [5.41, 5.74) is 5.49. The number of sulfonamides is 1. The molecule has 17 heavy (non-hydrogen) atoms. The van der Waals surface area contributed by atoms with Crippen LogP contribution in [0.1, 0.15) is 26.2 Å². The standard InChI is InChI=1S/C11H17N3O2S/c1-8-3-2-4-10(8)14-17(15,16)9-5-6-13-11(12)7-9/h5-8,10,14H,2-4H2,1H3,(H2,12,13). The first-order valence-electron chi connectivity index (χ1n) is 5.73. The topological polar surface area (TPSA) is 85.1 Å². The summed E-state index contributed by atoms with van der Waals surface area (Å²) in [6.45, 7) is 2.07. The molecule has 1 heterocycles. The molecule has 1 aromatic rings. The van der Waals surface area contributed by atoms with Gasteiger partial charge in [0.2, 0.25) is 10.0 Å². The summed E-state index contributed by atoms with van der Waals surface area (Å²) in [5.74, 6) is 0.608. The van der Waals surface area contributed by atoms with Crippen molar-refractivity contribution >= 4 is 15.8 Å². The van der Waals surface area contributed by atoms with E-state index in [9.17, 15) is 8.42 Å². The van der Waals surface area contributed by atoms with Gasteiger partial charge in [0.15, 0.2) is 0 Å². The van der Waals surface area contributed by atoms with Crippen LogP contribution < -0.4 is 10.5 Å². The van der Waals surface area contributed by atoms with E-state index in [0.29, 0.717) is 5.92 Å². The highest BCUT2D eigenvalue weighted by Crippen LogP contribution is 2.26. The molecular weight excluding hydrogens is 238 g/mol. The molecule has 94 valence electrons. The first kappa shape index (κ1) is 12.3. The SMILES string of the molecule is CC1CCCC1NS(=O)(=O)c1ccnc(N)c1. The first-order chi connectivity index (χ1) is 7.99. The van der Waals surface area contributed by atoms with Gasteiger partial charge in [-0.15, -0.1) is 0 Å². The third-order valence-electron chi connectivity index (χ3n) is 3.23. The van der Waals surface area contributed by atoms with Crippen LogP contribution in [0.5, 0.6) is 0 Å². The Labute approximate surface area is 101 Å². The van der Waals surface area contributed by atoms with E-state index in [0.717, 1.165) is 19.3 Å². The van der Waals surface area contributed by atoms with Gasteiger partial charge in [0, 0.05) is 18.3 Å². The molecule has 1 saturated carbocycles. The zero-order valence-corrected chi connectivity index (χ0v) is 10.6. The van der Waals surface area contributed by atoms with E-state index >= 15 is 0 Å². The summed E-state index contributed by atoms with van der Waals surface area (Å²) in [6.07, 6.45) is 4.46. The molecular formula is C11H17N3O2S. The average molecular weight is 255 g/mol. The number of aromatic nitrogens is 1. The van der Waals surface area contributed by atoms with Crippen molar-refractivity contribution in [2.45, 2.75) is 37.1 Å². The summed E-state index contributed by atoms with van der Waals surface area (Å²) in [6, 6.07) is 2.87. The number of hydrogen-bond acceptors (Lipinski definition) is 4. The maximum absolute atomic E-state index is 12.1. The first-order valence-corrected chi connectivity index (χ1v) is 7.21. The van der Waals surface area contributed by atoms with E-state index < -0.39 is 10.0 Å². The van der Waals surface area contributed by atoms with Crippen LogP contribution in [-0.2, 0) is 10.0 Å². The van der Waals surface area contributed by atoms with Crippen molar-refractivity contribution in [3.05, 3.63) is 18.3 Å². The molecule has 1 aromatic heterocycles. The Morgan fingerprint density at radius 2 is 2.24 bits per heavy atom. The fraction of sp³-hybridized carbons (Fsp3) is 0.545. The van der Waals surface area contributed by atoms with E-state index in [4.69, 9.17) is 5.73 Å². The van der Waals surface area contributed by atoms with E-state index in [2.05, 4.69) is 16.6 Å². The molecule has 0 aliphatic heterocycles. The highest BCUT2D eigenvalue weighted by Gasteiger charge is 2.28. The lowest BCUT2D eigenvalue weighted by atomic mass is 10.1. The lowest BCUT2D eigenvalue weighted by molar-refractivity contribution is 0.476. The minimum Gasteiger partial charge on any atom is -0.384 e. The van der Waals surface area contributed by atoms with Crippen molar-refractivity contribution in [2.24, 2.45) is 5.92 Å². The van der Waals surface area contributed by atoms with Crippen molar-refractivity contribution in [2.75, 3.05) is 5.73 Å². The maximum atomic E-state index is 12.1. The molecule has 2 rings (SSSR count). The van der Waals surface area contributed by atoms with Gasteiger partial charge in [-0.1, -0.05) is 13.3 Å². The third kappa shape index (κ3) is 2.76. The summed E-state index contributed by atoms with van der Waals surface area (Å²) in [7, 11) is -3.47. The van der Waals surface area contributed by atoms with Crippen LogP contribution >= 0.6 is 0 Å². The Morgan fingerprint density at radius 3 is 2.82 bits per heavy atom. The maximum Gasteiger partial charge on any atom is 0.241 e. The van der Waals surface area contributed by atoms with Crippen LogP contribution in [0.4, 0.5) is 5.82 Å². The van der Waals surface area contributed by atoms with Crippen molar-refractivity contribution in [3.63, 3.8) is 0 Å². The highest BCUT2D eigenvalue weighted by molar-refractivity contribution is 7.89. The molecule has 0 spiro atoms. The smallest absolute Gasteiger partial charge is 0.241 e. The molecule has 1 aliphatic carbocycles. The molecule has 0 saturated heterocycles. The zero-order valence-electron chi connectivity index (χ0n) is 9.76. The van der Waals surface area contributed by atoms with Gasteiger partial charge >= 0.3 is 0 Å². The fourth-order valence-electron chi connectivity index (χ4n) is 2.18. The van der Waals surface area contributed by atoms with Gasteiger partial charge in [0.1, 0.15) is 5.82 Å². The number of nitrogens with two attached hydrogens (primary N) is 1. The summed E-state index contributed by atoms with van der Waals surface area (Å²) in [4.78, 5) is 3.97. The summed E-state index contributed by atoms with van der Waals surface area (Å²) < 4.78 is 26.9. The Bertz CT molecular complexity index is 501. The second-order valence-electron chi connectivity index (χ2n) is 4.55. The molecule has 1 aliphatic rings. The average Bonchev–Trinajstić information content (AvgIpc) is 2.64. The minimum absolute atomic E-state index is 0.0365. The molecule has 0 aromatic carbocycles. The van der Waals surface area contributed by atoms with Gasteiger partial charge in [-0.25, -0.2) is 18.1 Å². The minimum atomic E-state index is -3.47. The third-order valence-corrected chi connectivity index (χ3v) is 4.72. The Morgan fingerprint density at radius 1 is 1.47 bits per heavy atom. The Balaban J connectivity index is 2.19. The van der Waals surface area contributed by atoms with Gasteiger partial charge in [0.05, 0.1) is 4.90 Å². The molecule has 0 amide bonds. The predicted molar refractivity (Wildman–Crippen MR) is 65.8 cm³/mol. The van der Waals surface area contributed by atoms with E-state index in [1.165, 1.54) is 18.3 Å². The number of nitrogens with zero attached hydrogens (tertiary/aromatic N) is 1. The summed E-state index contributed by atoms with van der Waals surface area (Å²) in [5, 5.41) is 0. The van der Waals surface area contributed by atoms with Gasteiger partial charge in [-0.2, -0.15) is 0 Å². The molecule has 0 radical (unpaired) electrons. The number of anilines is 1. The molecule has 0 bridgehead atoms. The van der Waals surface area contributed by atoms with Crippen LogP contribution in [0.3, 0.4) is 0 Å². The van der Waals surface area contributed by atoms with Crippen LogP contribution in [-0.4, -0.2) is 19.4 Å². The lowest BCUT2D eigenvalue weighted by Gasteiger charge is -2.17. The van der Waals surface area contributed by atoms with Crippen LogP contribution in [0.15, 0.2) is 23.2 Å². The number of nitrogens with one attached hydrogen (secondary N) is 1. The van der Waals surface area contributed by atoms with Crippen molar-refractivity contribution < 1.29 is 8.42 Å². The summed E-state index contributed by atoms with van der Waals surface area (Å²) >= 11 is 0. The van der Waals surface area contributed by atoms with E-state index in [-0.39, 0.29) is 16.8 Å². The predicted octanol–water partition coefficient (Wildman–Crippen LogP) is 1.13. The zero-order chi connectivity index (χ0) is 12.5. The molecule has 5 nitrogen and oxygen atoms in total. The number of pyridine rings is 1. The van der Waals surface area contributed by atoms with Crippen molar-refractivity contribution in [1.82, 2.24) is 9.71 Å². The fourth-order valence-corrected chi connectivity index (χ4v) is 3.58. The quantitative estimate of drug-likeness (QED) is 0.848. The van der Waals surface area contributed by atoms with Gasteiger partial charge in [-0.3, -0.25) is 0 Å². The monoisotopic (exact) mass is 255 g/mol. The number of hydrogen-bond donors (Lipinski definition) is 2. The van der Waals surface area contributed by atoms with Crippen LogP contribution in [0.2, 0.25) is 0 Å². The van der Waals surface area contributed by atoms with Crippen LogP contribution in [0.25, 0.3) is 0 Å². The van der Waals surface area contributed by atoms with E-state index in [1.54, 1.807) is 0 Å². The molecule has 2 unspecified atom stereocenters. The second-order valence-corrected chi connectivity index (χ2v) is 6.27. The normalized spacial score (nSPS) is 25.0. The Kier molecular flexibility index (Phi) is 3.35. The molecule has 6 heteroatoms.